The van der Waals surface area contributed by atoms with Crippen molar-refractivity contribution in [1.29, 1.82) is 0 Å². The number of carboxylic acid groups (broad SMARTS) is 1. The van der Waals surface area contributed by atoms with E-state index in [1.54, 1.807) is 18.2 Å². The first-order valence-electron chi connectivity index (χ1n) is 13.8. The van der Waals surface area contributed by atoms with Gasteiger partial charge in [-0.1, -0.05) is 73.7 Å². The number of aromatic nitrogens is 1. The van der Waals surface area contributed by atoms with E-state index in [-0.39, 0.29) is 29.2 Å². The maximum atomic E-state index is 14.1. The van der Waals surface area contributed by atoms with E-state index in [9.17, 15) is 19.1 Å². The number of hydrogen-bond donors (Lipinski definition) is 2. The lowest BCUT2D eigenvalue weighted by Gasteiger charge is -2.18. The second-order valence-corrected chi connectivity index (χ2v) is 10.6. The molecule has 0 radical (unpaired) electrons. The van der Waals surface area contributed by atoms with Crippen molar-refractivity contribution in [1.82, 2.24) is 9.72 Å². The molecule has 2 N–H and O–H groups in total. The maximum Gasteiger partial charge on any atom is 0.335 e. The number of carboxylic acids is 1. The Balaban J connectivity index is 1.43. The highest BCUT2D eigenvalue weighted by Gasteiger charge is 2.22. The molecular weight excluding hydrogens is 527 g/mol. The molecule has 0 aliphatic rings. The molecule has 6 heteroatoms. The highest BCUT2D eigenvalue weighted by atomic mass is 19.1. The number of benzene rings is 4. The van der Waals surface area contributed by atoms with Crippen LogP contribution >= 0.6 is 0 Å². The lowest BCUT2D eigenvalue weighted by Crippen LogP contribution is -2.27. The van der Waals surface area contributed by atoms with Crippen LogP contribution in [0.25, 0.3) is 27.4 Å². The summed E-state index contributed by atoms with van der Waals surface area (Å²) in [5, 5.41) is 14.6. The van der Waals surface area contributed by atoms with E-state index in [2.05, 4.69) is 42.6 Å². The second kappa shape index (κ2) is 11.0. The normalized spacial score (nSPS) is 12.7. The van der Waals surface area contributed by atoms with E-state index in [1.807, 2.05) is 54.0 Å². The molecule has 0 spiro atoms. The van der Waals surface area contributed by atoms with E-state index in [4.69, 9.17) is 0 Å². The van der Waals surface area contributed by atoms with Gasteiger partial charge in [-0.2, -0.15) is 0 Å². The van der Waals surface area contributed by atoms with Crippen LogP contribution < -0.4 is 5.32 Å². The molecule has 2 atom stereocenters. The summed E-state index contributed by atoms with van der Waals surface area (Å²) in [7, 11) is 0. The number of carbonyl (C=O) groups is 2. The Labute approximate surface area is 242 Å². The molecule has 2 aromatic heterocycles. The molecule has 6 rings (SSSR count). The van der Waals surface area contributed by atoms with Crippen molar-refractivity contribution in [2.45, 2.75) is 25.8 Å². The fourth-order valence-electron chi connectivity index (χ4n) is 5.55. The quantitative estimate of drug-likeness (QED) is 0.208. The summed E-state index contributed by atoms with van der Waals surface area (Å²) in [6.07, 6.45) is 3.86. The van der Waals surface area contributed by atoms with Crippen LogP contribution in [0.2, 0.25) is 0 Å². The molecule has 0 saturated heterocycles. The van der Waals surface area contributed by atoms with E-state index in [1.165, 1.54) is 29.7 Å². The van der Waals surface area contributed by atoms with Gasteiger partial charge in [0.2, 0.25) is 0 Å². The van der Waals surface area contributed by atoms with Crippen molar-refractivity contribution >= 4 is 28.2 Å². The van der Waals surface area contributed by atoms with Gasteiger partial charge >= 0.3 is 5.97 Å². The van der Waals surface area contributed by atoms with Crippen LogP contribution in [-0.4, -0.2) is 21.4 Å². The van der Waals surface area contributed by atoms with E-state index in [0.717, 1.165) is 27.6 Å². The third kappa shape index (κ3) is 5.15. The zero-order valence-electron chi connectivity index (χ0n) is 23.2. The average molecular weight is 557 g/mol. The van der Waals surface area contributed by atoms with Gasteiger partial charge in [-0.3, -0.25) is 4.79 Å². The van der Waals surface area contributed by atoms with Crippen LogP contribution in [0.1, 0.15) is 63.2 Å². The average Bonchev–Trinajstić information content (AvgIpc) is 3.44. The van der Waals surface area contributed by atoms with Gasteiger partial charge < -0.3 is 14.8 Å². The van der Waals surface area contributed by atoms with Crippen LogP contribution in [0, 0.1) is 5.82 Å². The molecule has 1 amide bonds. The van der Waals surface area contributed by atoms with Crippen molar-refractivity contribution in [3.8, 4) is 11.1 Å². The number of nitrogens with zero attached hydrogens (tertiary/aromatic N) is 1. The topological polar surface area (TPSA) is 70.8 Å². The minimum Gasteiger partial charge on any atom is -0.478 e. The molecule has 0 saturated carbocycles. The van der Waals surface area contributed by atoms with Crippen molar-refractivity contribution < 1.29 is 19.1 Å². The Morgan fingerprint density at radius 2 is 1.52 bits per heavy atom. The molecule has 0 unspecified atom stereocenters. The molecule has 0 bridgehead atoms. The maximum absolute atomic E-state index is 14.1. The Bertz CT molecular complexity index is 1960. The van der Waals surface area contributed by atoms with Gasteiger partial charge in [-0.05, 0) is 81.9 Å². The summed E-state index contributed by atoms with van der Waals surface area (Å²) in [4.78, 5) is 25.2. The summed E-state index contributed by atoms with van der Waals surface area (Å²) in [5.41, 5.74) is 5.73. The number of amides is 1. The smallest absolute Gasteiger partial charge is 0.335 e. The van der Waals surface area contributed by atoms with Crippen molar-refractivity contribution in [3.05, 3.63) is 149 Å². The molecule has 0 aliphatic carbocycles. The van der Waals surface area contributed by atoms with Gasteiger partial charge in [0.15, 0.2) is 0 Å². The first-order chi connectivity index (χ1) is 20.3. The largest absolute Gasteiger partial charge is 0.478 e. The summed E-state index contributed by atoms with van der Waals surface area (Å²) < 4.78 is 16.1. The van der Waals surface area contributed by atoms with Gasteiger partial charge in [0, 0.05) is 18.3 Å². The molecule has 208 valence electrons. The fourth-order valence-corrected chi connectivity index (χ4v) is 5.55. The molecular formula is C36H29FN2O3. The molecule has 42 heavy (non-hydrogen) atoms. The predicted molar refractivity (Wildman–Crippen MR) is 164 cm³/mol. The fraction of sp³-hybridized carbons (Fsp3) is 0.111. The van der Waals surface area contributed by atoms with Crippen LogP contribution in [0.15, 0.2) is 116 Å². The van der Waals surface area contributed by atoms with Crippen LogP contribution in [0.5, 0.6) is 0 Å². The van der Waals surface area contributed by atoms with E-state index >= 15 is 0 Å². The minimum atomic E-state index is -1.00. The molecule has 4 aromatic carbocycles. The van der Waals surface area contributed by atoms with E-state index < -0.39 is 5.97 Å². The van der Waals surface area contributed by atoms with Crippen LogP contribution in [0.3, 0.4) is 0 Å². The molecule has 2 heterocycles. The van der Waals surface area contributed by atoms with Gasteiger partial charge in [0.1, 0.15) is 5.82 Å². The standard InChI is InChI=1S/C36H29FN2O3/c1-22(27-15-12-25-6-3-4-7-28(25)18-27)32-16-17-39-21-30(29-8-5-9-31(37)19-29)20-33(34(32)39)35(40)38-23(2)24-10-13-26(14-11-24)36(41)42/h3-23H,1-2H3,(H,38,40)(H,41,42)/t22-,23-/m0/s1. The lowest BCUT2D eigenvalue weighted by molar-refractivity contribution is 0.0696. The molecule has 6 aromatic rings. The number of fused-ring (bicyclic) bond motifs is 2. The SMILES string of the molecule is C[C@@H](c1ccc2ccccc2c1)c1ccn2cc(-c3cccc(F)c3)cc(C(=O)N[C@@H](C)c3ccc(C(=O)O)cc3)c12. The number of aromatic carboxylic acids is 1. The number of nitrogens with one attached hydrogen (secondary N) is 1. The Morgan fingerprint density at radius 3 is 2.26 bits per heavy atom. The third-order valence-corrected chi connectivity index (χ3v) is 7.93. The summed E-state index contributed by atoms with van der Waals surface area (Å²) in [5.74, 6) is -1.64. The van der Waals surface area contributed by atoms with Gasteiger partial charge in [-0.15, -0.1) is 0 Å². The first kappa shape index (κ1) is 27.0. The molecule has 0 aliphatic heterocycles. The Morgan fingerprint density at radius 1 is 0.786 bits per heavy atom. The van der Waals surface area contributed by atoms with Gasteiger partial charge in [0.25, 0.3) is 5.91 Å². The van der Waals surface area contributed by atoms with Gasteiger partial charge in [0.05, 0.1) is 22.7 Å². The number of pyridine rings is 1. The zero-order valence-corrected chi connectivity index (χ0v) is 23.2. The minimum absolute atomic E-state index is 0.00726. The zero-order chi connectivity index (χ0) is 29.4. The predicted octanol–water partition coefficient (Wildman–Crippen LogP) is 8.24. The van der Waals surface area contributed by atoms with E-state index in [0.29, 0.717) is 16.7 Å². The molecule has 5 nitrogen and oxygen atoms in total. The third-order valence-electron chi connectivity index (χ3n) is 7.93. The Kier molecular flexibility index (Phi) is 7.05. The Hall–Kier alpha value is -5.23. The van der Waals surface area contributed by atoms with Crippen molar-refractivity contribution in [3.63, 3.8) is 0 Å². The van der Waals surface area contributed by atoms with Crippen molar-refractivity contribution in [2.75, 3.05) is 0 Å². The first-order valence-corrected chi connectivity index (χ1v) is 13.8. The van der Waals surface area contributed by atoms with Gasteiger partial charge in [-0.25, -0.2) is 9.18 Å². The number of hydrogen-bond acceptors (Lipinski definition) is 2. The highest BCUT2D eigenvalue weighted by molar-refractivity contribution is 6.03. The summed E-state index contributed by atoms with van der Waals surface area (Å²) >= 11 is 0. The van der Waals surface area contributed by atoms with Crippen LogP contribution in [0.4, 0.5) is 4.39 Å². The number of halogens is 1. The monoisotopic (exact) mass is 556 g/mol. The highest BCUT2D eigenvalue weighted by Crippen LogP contribution is 2.34. The molecule has 0 fully saturated rings. The van der Waals surface area contributed by atoms with Crippen LogP contribution in [-0.2, 0) is 0 Å². The second-order valence-electron chi connectivity index (χ2n) is 10.6. The lowest BCUT2D eigenvalue weighted by atomic mass is 9.90. The number of carbonyl (C=O) groups excluding carboxylic acids is 1. The number of rotatable bonds is 7. The van der Waals surface area contributed by atoms with Crippen molar-refractivity contribution in [2.24, 2.45) is 0 Å². The summed E-state index contributed by atoms with van der Waals surface area (Å²) in [6, 6.07) is 30.9. The summed E-state index contributed by atoms with van der Waals surface area (Å²) in [6.45, 7) is 3.99.